The lowest BCUT2D eigenvalue weighted by atomic mass is 10.2. The van der Waals surface area contributed by atoms with Crippen LogP contribution in [0.15, 0.2) is 0 Å². The Morgan fingerprint density at radius 2 is 2.47 bits per heavy atom. The van der Waals surface area contributed by atoms with Gasteiger partial charge in [-0.05, 0) is 26.4 Å². The Balaban J connectivity index is 2.21. The Hall–Kier alpha value is -0.650. The number of likely N-dealkylation sites (tertiary alicyclic amines) is 1. The number of carbonyl (C=O) groups excluding carboxylic acids is 1. The predicted octanol–water partition coefficient (Wildman–Crippen LogP) is -0.829. The topological polar surface area (TPSA) is 67.6 Å². The van der Waals surface area contributed by atoms with E-state index in [-0.39, 0.29) is 12.5 Å². The standard InChI is InChI=1S/C10H21N3O2/c1-13-5-3-4-8(13)6-12-10(14)9(11)7-15-2/h8-9H,3-7,11H2,1-2H3,(H,12,14). The summed E-state index contributed by atoms with van der Waals surface area (Å²) in [7, 11) is 3.62. The fraction of sp³-hybridized carbons (Fsp3) is 0.900. The number of nitrogens with two attached hydrogens (primary N) is 1. The largest absolute Gasteiger partial charge is 0.383 e. The minimum Gasteiger partial charge on any atom is -0.383 e. The molecule has 0 saturated carbocycles. The molecule has 0 bridgehead atoms. The normalized spacial score (nSPS) is 24.1. The van der Waals surface area contributed by atoms with E-state index in [9.17, 15) is 4.79 Å². The van der Waals surface area contributed by atoms with E-state index in [0.29, 0.717) is 12.6 Å². The summed E-state index contributed by atoms with van der Waals surface area (Å²) in [6.07, 6.45) is 2.36. The summed E-state index contributed by atoms with van der Waals surface area (Å²) in [5.41, 5.74) is 5.60. The van der Waals surface area contributed by atoms with Crippen molar-refractivity contribution in [2.45, 2.75) is 24.9 Å². The smallest absolute Gasteiger partial charge is 0.239 e. The maximum absolute atomic E-state index is 11.5. The van der Waals surface area contributed by atoms with Gasteiger partial charge in [0.1, 0.15) is 6.04 Å². The Morgan fingerprint density at radius 1 is 1.73 bits per heavy atom. The van der Waals surface area contributed by atoms with Crippen molar-refractivity contribution in [3.8, 4) is 0 Å². The molecule has 0 aromatic heterocycles. The molecule has 0 aromatic carbocycles. The van der Waals surface area contributed by atoms with E-state index in [1.165, 1.54) is 13.5 Å². The summed E-state index contributed by atoms with van der Waals surface area (Å²) in [6, 6.07) is -0.0922. The van der Waals surface area contributed by atoms with E-state index < -0.39 is 6.04 Å². The van der Waals surface area contributed by atoms with Gasteiger partial charge in [-0.2, -0.15) is 0 Å². The van der Waals surface area contributed by atoms with Gasteiger partial charge in [0.15, 0.2) is 0 Å². The third-order valence-electron chi connectivity index (χ3n) is 2.87. The molecule has 0 aliphatic carbocycles. The van der Waals surface area contributed by atoms with Crippen LogP contribution in [0.25, 0.3) is 0 Å². The van der Waals surface area contributed by atoms with Crippen LogP contribution in [0.5, 0.6) is 0 Å². The quantitative estimate of drug-likeness (QED) is 0.628. The van der Waals surface area contributed by atoms with Crippen molar-refractivity contribution in [2.75, 3.05) is 33.9 Å². The second kappa shape index (κ2) is 6.05. The zero-order chi connectivity index (χ0) is 11.3. The lowest BCUT2D eigenvalue weighted by Crippen LogP contribution is -2.47. The molecule has 15 heavy (non-hydrogen) atoms. The fourth-order valence-corrected chi connectivity index (χ4v) is 1.84. The van der Waals surface area contributed by atoms with Crippen molar-refractivity contribution in [2.24, 2.45) is 5.73 Å². The highest BCUT2D eigenvalue weighted by Crippen LogP contribution is 2.13. The van der Waals surface area contributed by atoms with E-state index in [1.54, 1.807) is 0 Å². The van der Waals surface area contributed by atoms with Crippen LogP contribution in [0.3, 0.4) is 0 Å². The van der Waals surface area contributed by atoms with Crippen LogP contribution in [-0.2, 0) is 9.53 Å². The third kappa shape index (κ3) is 3.77. The monoisotopic (exact) mass is 215 g/mol. The third-order valence-corrected chi connectivity index (χ3v) is 2.87. The van der Waals surface area contributed by atoms with Gasteiger partial charge >= 0.3 is 0 Å². The van der Waals surface area contributed by atoms with Crippen molar-refractivity contribution in [3.63, 3.8) is 0 Å². The van der Waals surface area contributed by atoms with Crippen LogP contribution in [0.2, 0.25) is 0 Å². The van der Waals surface area contributed by atoms with Gasteiger partial charge in [0.2, 0.25) is 5.91 Å². The zero-order valence-corrected chi connectivity index (χ0v) is 9.53. The molecule has 2 unspecified atom stereocenters. The second-order valence-corrected chi connectivity index (χ2v) is 4.08. The molecule has 1 rings (SSSR count). The van der Waals surface area contributed by atoms with E-state index in [0.717, 1.165) is 13.0 Å². The number of amides is 1. The van der Waals surface area contributed by atoms with Gasteiger partial charge in [-0.15, -0.1) is 0 Å². The summed E-state index contributed by atoms with van der Waals surface area (Å²) in [6.45, 7) is 2.07. The van der Waals surface area contributed by atoms with Gasteiger partial charge in [-0.3, -0.25) is 4.79 Å². The second-order valence-electron chi connectivity index (χ2n) is 4.08. The minimum absolute atomic E-state index is 0.128. The molecule has 1 aliphatic heterocycles. The maximum atomic E-state index is 11.5. The molecule has 0 aromatic rings. The van der Waals surface area contributed by atoms with Gasteiger partial charge < -0.3 is 20.7 Å². The van der Waals surface area contributed by atoms with E-state index >= 15 is 0 Å². The number of hydrogen-bond donors (Lipinski definition) is 2. The Bertz CT molecular complexity index is 211. The highest BCUT2D eigenvalue weighted by molar-refractivity contribution is 5.81. The number of nitrogens with one attached hydrogen (secondary N) is 1. The first kappa shape index (κ1) is 12.4. The maximum Gasteiger partial charge on any atom is 0.239 e. The molecule has 2 atom stereocenters. The summed E-state index contributed by atoms with van der Waals surface area (Å²) in [4.78, 5) is 13.7. The van der Waals surface area contributed by atoms with Crippen LogP contribution >= 0.6 is 0 Å². The molecule has 1 aliphatic rings. The molecule has 88 valence electrons. The number of likely N-dealkylation sites (N-methyl/N-ethyl adjacent to an activating group) is 1. The fourth-order valence-electron chi connectivity index (χ4n) is 1.84. The summed E-state index contributed by atoms with van der Waals surface area (Å²) in [5.74, 6) is -0.128. The first-order chi connectivity index (χ1) is 7.15. The number of methoxy groups -OCH3 is 1. The van der Waals surface area contributed by atoms with E-state index in [2.05, 4.69) is 17.3 Å². The van der Waals surface area contributed by atoms with Crippen LogP contribution in [-0.4, -0.2) is 56.7 Å². The van der Waals surface area contributed by atoms with Gasteiger partial charge in [0, 0.05) is 19.7 Å². The minimum atomic E-state index is -0.554. The van der Waals surface area contributed by atoms with Crippen LogP contribution in [0.4, 0.5) is 0 Å². The van der Waals surface area contributed by atoms with Gasteiger partial charge in [0.05, 0.1) is 6.61 Å². The van der Waals surface area contributed by atoms with Gasteiger partial charge in [-0.25, -0.2) is 0 Å². The molecular formula is C10H21N3O2. The van der Waals surface area contributed by atoms with E-state index in [4.69, 9.17) is 10.5 Å². The molecule has 1 amide bonds. The first-order valence-corrected chi connectivity index (χ1v) is 5.37. The number of rotatable bonds is 5. The van der Waals surface area contributed by atoms with Crippen molar-refractivity contribution in [1.82, 2.24) is 10.2 Å². The van der Waals surface area contributed by atoms with Gasteiger partial charge in [-0.1, -0.05) is 0 Å². The predicted molar refractivity (Wildman–Crippen MR) is 58.5 cm³/mol. The number of carbonyl (C=O) groups is 1. The molecule has 1 saturated heterocycles. The van der Waals surface area contributed by atoms with Gasteiger partial charge in [0.25, 0.3) is 0 Å². The van der Waals surface area contributed by atoms with Crippen LogP contribution in [0.1, 0.15) is 12.8 Å². The molecule has 3 N–H and O–H groups in total. The molecule has 1 fully saturated rings. The lowest BCUT2D eigenvalue weighted by molar-refractivity contribution is -0.123. The summed E-state index contributed by atoms with van der Waals surface area (Å²) >= 11 is 0. The zero-order valence-electron chi connectivity index (χ0n) is 9.53. The SMILES string of the molecule is COCC(N)C(=O)NCC1CCCN1C. The molecule has 0 spiro atoms. The molecular weight excluding hydrogens is 194 g/mol. The van der Waals surface area contributed by atoms with E-state index in [1.807, 2.05) is 0 Å². The highest BCUT2D eigenvalue weighted by atomic mass is 16.5. The Morgan fingerprint density at radius 3 is 3.00 bits per heavy atom. The van der Waals surface area contributed by atoms with Crippen molar-refractivity contribution in [3.05, 3.63) is 0 Å². The highest BCUT2D eigenvalue weighted by Gasteiger charge is 2.22. The first-order valence-electron chi connectivity index (χ1n) is 5.37. The van der Waals surface area contributed by atoms with Crippen molar-refractivity contribution in [1.29, 1.82) is 0 Å². The number of nitrogens with zero attached hydrogens (tertiary/aromatic N) is 1. The number of ether oxygens (including phenoxy) is 1. The van der Waals surface area contributed by atoms with Crippen LogP contribution in [0, 0.1) is 0 Å². The average Bonchev–Trinajstić information content (AvgIpc) is 2.61. The Labute approximate surface area is 90.9 Å². The Kier molecular flexibility index (Phi) is 5.01. The van der Waals surface area contributed by atoms with Crippen molar-refractivity contribution < 1.29 is 9.53 Å². The summed E-state index contributed by atoms with van der Waals surface area (Å²) in [5, 5.41) is 2.85. The van der Waals surface area contributed by atoms with Crippen LogP contribution < -0.4 is 11.1 Å². The summed E-state index contributed by atoms with van der Waals surface area (Å²) < 4.78 is 4.82. The number of hydrogen-bond acceptors (Lipinski definition) is 4. The molecule has 5 nitrogen and oxygen atoms in total. The molecule has 5 heteroatoms. The van der Waals surface area contributed by atoms with Crippen molar-refractivity contribution >= 4 is 5.91 Å². The average molecular weight is 215 g/mol. The molecule has 0 radical (unpaired) electrons. The molecule has 1 heterocycles. The lowest BCUT2D eigenvalue weighted by Gasteiger charge is -2.20.